The van der Waals surface area contributed by atoms with Gasteiger partial charge in [-0.05, 0) is 11.8 Å². The van der Waals surface area contributed by atoms with E-state index in [0.717, 1.165) is 19.6 Å². The van der Waals surface area contributed by atoms with Crippen molar-refractivity contribution in [3.63, 3.8) is 0 Å². The highest BCUT2D eigenvalue weighted by molar-refractivity contribution is 5.63. The number of hydrogen-bond acceptors (Lipinski definition) is 3. The molecule has 1 unspecified atom stereocenters. The fourth-order valence-electron chi connectivity index (χ4n) is 0.973. The van der Waals surface area contributed by atoms with Gasteiger partial charge in [0.25, 0.3) is 0 Å². The molecule has 1 atom stereocenters. The van der Waals surface area contributed by atoms with E-state index >= 15 is 0 Å². The molecule has 1 N–H and O–H groups in total. The van der Waals surface area contributed by atoms with Gasteiger partial charge in [0.15, 0.2) is 0 Å². The van der Waals surface area contributed by atoms with Gasteiger partial charge in [0.1, 0.15) is 0 Å². The van der Waals surface area contributed by atoms with Gasteiger partial charge in [-0.3, -0.25) is 0 Å². The van der Waals surface area contributed by atoms with Gasteiger partial charge in [0.05, 0.1) is 12.6 Å². The Balaban J connectivity index is 2.20. The third-order valence-corrected chi connectivity index (χ3v) is 1.64. The first-order valence-corrected chi connectivity index (χ1v) is 4.45. The number of hydrazone groups is 1. The second kappa shape index (κ2) is 3.90. The summed E-state index contributed by atoms with van der Waals surface area (Å²) in [6.45, 7) is 8.04. The van der Waals surface area contributed by atoms with Crippen molar-refractivity contribution < 1.29 is 4.74 Å². The Morgan fingerprint density at radius 2 is 2.25 bits per heavy atom. The highest BCUT2D eigenvalue weighted by Crippen LogP contribution is 2.08. The van der Waals surface area contributed by atoms with Crippen LogP contribution >= 0.6 is 0 Å². The van der Waals surface area contributed by atoms with Crippen molar-refractivity contribution in [2.45, 2.75) is 33.2 Å². The molecule has 1 saturated heterocycles. The molecule has 1 aliphatic heterocycles. The lowest BCUT2D eigenvalue weighted by atomic mass is 9.99. The second-order valence-corrected chi connectivity index (χ2v) is 4.31. The molecule has 1 rings (SSSR count). The fraction of sp³-hybridized carbons (Fsp3) is 0.889. The van der Waals surface area contributed by atoms with Crippen molar-refractivity contribution in [2.75, 3.05) is 13.2 Å². The van der Waals surface area contributed by atoms with Crippen molar-refractivity contribution in [1.82, 2.24) is 5.43 Å². The van der Waals surface area contributed by atoms with Gasteiger partial charge in [-0.15, -0.1) is 0 Å². The molecule has 1 fully saturated rings. The molecule has 70 valence electrons. The molecule has 1 aliphatic rings. The monoisotopic (exact) mass is 170 g/mol. The lowest BCUT2D eigenvalue weighted by molar-refractivity contribution is 0.190. The molecule has 3 heteroatoms. The average Bonchev–Trinajstić information content (AvgIpc) is 2.36. The Morgan fingerprint density at radius 3 is 2.75 bits per heavy atom. The molecule has 3 nitrogen and oxygen atoms in total. The molecule has 0 bridgehead atoms. The summed E-state index contributed by atoms with van der Waals surface area (Å²) >= 11 is 0. The van der Waals surface area contributed by atoms with E-state index in [-0.39, 0.29) is 5.41 Å². The molecule has 12 heavy (non-hydrogen) atoms. The average molecular weight is 170 g/mol. The van der Waals surface area contributed by atoms with Crippen LogP contribution < -0.4 is 5.43 Å². The predicted octanol–water partition coefficient (Wildman–Crippen LogP) is 1.40. The van der Waals surface area contributed by atoms with Crippen LogP contribution in [0.2, 0.25) is 0 Å². The maximum Gasteiger partial charge on any atom is 0.0695 e. The molecular formula is C9H18N2O. The fourth-order valence-corrected chi connectivity index (χ4v) is 0.973. The normalized spacial score (nSPS) is 25.1. The molecule has 0 aromatic carbocycles. The van der Waals surface area contributed by atoms with E-state index in [1.165, 1.54) is 0 Å². The highest BCUT2D eigenvalue weighted by Gasteiger charge is 2.14. The summed E-state index contributed by atoms with van der Waals surface area (Å²) in [4.78, 5) is 0. The predicted molar refractivity (Wildman–Crippen MR) is 50.3 cm³/mol. The van der Waals surface area contributed by atoms with Crippen LogP contribution in [0.3, 0.4) is 0 Å². The number of ether oxygens (including phenoxy) is 1. The van der Waals surface area contributed by atoms with Crippen LogP contribution in [0.4, 0.5) is 0 Å². The van der Waals surface area contributed by atoms with Crippen LogP contribution in [0, 0.1) is 5.41 Å². The SMILES string of the molecule is CC(C)(C)/C=N/NC1CCOC1. The summed E-state index contributed by atoms with van der Waals surface area (Å²) in [5, 5.41) is 4.17. The Kier molecular flexibility index (Phi) is 3.09. The van der Waals surface area contributed by atoms with Crippen LogP contribution in [-0.2, 0) is 4.74 Å². The zero-order chi connectivity index (χ0) is 9.03. The van der Waals surface area contributed by atoms with E-state index in [1.807, 2.05) is 6.21 Å². The first-order valence-electron chi connectivity index (χ1n) is 4.45. The summed E-state index contributed by atoms with van der Waals surface area (Å²) in [5.41, 5.74) is 3.24. The third-order valence-electron chi connectivity index (χ3n) is 1.64. The van der Waals surface area contributed by atoms with Crippen molar-refractivity contribution in [3.05, 3.63) is 0 Å². The van der Waals surface area contributed by atoms with E-state index in [2.05, 4.69) is 31.3 Å². The summed E-state index contributed by atoms with van der Waals surface area (Å²) in [7, 11) is 0. The first kappa shape index (κ1) is 9.52. The summed E-state index contributed by atoms with van der Waals surface area (Å²) in [5.74, 6) is 0. The summed E-state index contributed by atoms with van der Waals surface area (Å²) in [6, 6.07) is 0.420. The molecule has 0 spiro atoms. The van der Waals surface area contributed by atoms with E-state index in [4.69, 9.17) is 4.74 Å². The molecule has 0 aliphatic carbocycles. The topological polar surface area (TPSA) is 33.6 Å². The Morgan fingerprint density at radius 1 is 1.50 bits per heavy atom. The van der Waals surface area contributed by atoms with E-state index < -0.39 is 0 Å². The molecule has 0 aromatic rings. The van der Waals surface area contributed by atoms with Crippen molar-refractivity contribution in [1.29, 1.82) is 0 Å². The van der Waals surface area contributed by atoms with Crippen molar-refractivity contribution in [3.8, 4) is 0 Å². The number of nitrogens with one attached hydrogen (secondary N) is 1. The van der Waals surface area contributed by atoms with Crippen LogP contribution in [-0.4, -0.2) is 25.5 Å². The van der Waals surface area contributed by atoms with Gasteiger partial charge in [-0.2, -0.15) is 5.10 Å². The van der Waals surface area contributed by atoms with Gasteiger partial charge >= 0.3 is 0 Å². The van der Waals surface area contributed by atoms with Gasteiger partial charge in [0.2, 0.25) is 0 Å². The Hall–Kier alpha value is -0.570. The number of hydrogen-bond donors (Lipinski definition) is 1. The van der Waals surface area contributed by atoms with Crippen LogP contribution in [0.25, 0.3) is 0 Å². The van der Waals surface area contributed by atoms with Crippen LogP contribution in [0.5, 0.6) is 0 Å². The Bertz CT molecular complexity index is 154. The minimum atomic E-state index is 0.159. The summed E-state index contributed by atoms with van der Waals surface area (Å²) in [6.07, 6.45) is 3.01. The molecule has 0 saturated carbocycles. The molecule has 0 amide bonds. The lowest BCUT2D eigenvalue weighted by Gasteiger charge is -2.12. The minimum Gasteiger partial charge on any atom is -0.379 e. The maximum absolute atomic E-state index is 5.20. The standard InChI is InChI=1S/C9H18N2O/c1-9(2,3)7-10-11-8-4-5-12-6-8/h7-8,11H,4-6H2,1-3H3/b10-7+. The van der Waals surface area contributed by atoms with Gasteiger partial charge in [0, 0.05) is 12.8 Å². The smallest absolute Gasteiger partial charge is 0.0695 e. The van der Waals surface area contributed by atoms with Gasteiger partial charge in [-0.25, -0.2) is 0 Å². The third kappa shape index (κ3) is 3.72. The zero-order valence-corrected chi connectivity index (χ0v) is 8.13. The minimum absolute atomic E-state index is 0.159. The second-order valence-electron chi connectivity index (χ2n) is 4.31. The zero-order valence-electron chi connectivity index (χ0n) is 8.13. The van der Waals surface area contributed by atoms with E-state index in [1.54, 1.807) is 0 Å². The van der Waals surface area contributed by atoms with Gasteiger partial charge < -0.3 is 10.2 Å². The maximum atomic E-state index is 5.20. The molecule has 0 aromatic heterocycles. The van der Waals surface area contributed by atoms with Crippen LogP contribution in [0.15, 0.2) is 5.10 Å². The lowest BCUT2D eigenvalue weighted by Crippen LogP contribution is -2.25. The van der Waals surface area contributed by atoms with Gasteiger partial charge in [-0.1, -0.05) is 20.8 Å². The number of rotatable bonds is 2. The van der Waals surface area contributed by atoms with E-state index in [9.17, 15) is 0 Å². The summed E-state index contributed by atoms with van der Waals surface area (Å²) < 4.78 is 5.20. The Labute approximate surface area is 74.2 Å². The molecule has 1 heterocycles. The van der Waals surface area contributed by atoms with E-state index in [0.29, 0.717) is 6.04 Å². The first-order chi connectivity index (χ1) is 5.58. The number of nitrogens with zero attached hydrogens (tertiary/aromatic N) is 1. The largest absolute Gasteiger partial charge is 0.379 e. The van der Waals surface area contributed by atoms with Crippen LogP contribution in [0.1, 0.15) is 27.2 Å². The molecular weight excluding hydrogens is 152 g/mol. The molecule has 0 radical (unpaired) electrons. The van der Waals surface area contributed by atoms with Crippen molar-refractivity contribution >= 4 is 6.21 Å². The highest BCUT2D eigenvalue weighted by atomic mass is 16.5. The van der Waals surface area contributed by atoms with Crippen molar-refractivity contribution in [2.24, 2.45) is 10.5 Å². The quantitative estimate of drug-likeness (QED) is 0.502.